The molecule has 0 spiro atoms. The zero-order valence-corrected chi connectivity index (χ0v) is 8.45. The van der Waals surface area contributed by atoms with Crippen molar-refractivity contribution in [2.45, 2.75) is 26.7 Å². The van der Waals surface area contributed by atoms with Gasteiger partial charge in [-0.05, 0) is 13.0 Å². The highest BCUT2D eigenvalue weighted by atomic mass is 32.1. The Balaban J connectivity index is 2.31. The van der Waals surface area contributed by atoms with Crippen molar-refractivity contribution in [2.24, 2.45) is 0 Å². The maximum absolute atomic E-state index is 4.09. The first kappa shape index (κ1) is 9.61. The van der Waals surface area contributed by atoms with Crippen molar-refractivity contribution in [2.75, 3.05) is 13.1 Å². The summed E-state index contributed by atoms with van der Waals surface area (Å²) in [4.78, 5) is 0. The molecule has 0 saturated heterocycles. The van der Waals surface area contributed by atoms with E-state index in [-0.39, 0.29) is 0 Å². The average molecular weight is 185 g/mol. The fraction of sp³-hybridized carbons (Fsp3) is 0.750. The number of likely N-dealkylation sites (N-methyl/N-ethyl adjacent to an activating group) is 1. The van der Waals surface area contributed by atoms with E-state index in [1.807, 2.05) is 0 Å². The number of nitrogens with zero attached hydrogens (tertiary/aromatic N) is 2. The summed E-state index contributed by atoms with van der Waals surface area (Å²) in [5.41, 5.74) is 0. The van der Waals surface area contributed by atoms with E-state index < -0.39 is 0 Å². The first-order chi connectivity index (χ1) is 5.86. The van der Waals surface area contributed by atoms with Gasteiger partial charge in [0.15, 0.2) is 0 Å². The van der Waals surface area contributed by atoms with E-state index in [4.69, 9.17) is 0 Å². The molecule has 1 aromatic heterocycles. The third-order valence-electron chi connectivity index (χ3n) is 1.58. The van der Waals surface area contributed by atoms with Crippen LogP contribution < -0.4 is 5.32 Å². The van der Waals surface area contributed by atoms with Crippen molar-refractivity contribution in [1.82, 2.24) is 15.5 Å². The van der Waals surface area contributed by atoms with Crippen LogP contribution in [0.5, 0.6) is 0 Å². The molecular formula is C8H15N3S. The Kier molecular flexibility index (Phi) is 4.18. The highest BCUT2D eigenvalue weighted by Gasteiger charge is 2.00. The fourth-order valence-corrected chi connectivity index (χ4v) is 1.69. The van der Waals surface area contributed by atoms with Gasteiger partial charge in [0.1, 0.15) is 10.0 Å². The minimum absolute atomic E-state index is 0.999. The van der Waals surface area contributed by atoms with Gasteiger partial charge in [0.2, 0.25) is 0 Å². The maximum atomic E-state index is 4.09. The highest BCUT2D eigenvalue weighted by molar-refractivity contribution is 7.11. The standard InChI is InChI=1S/C8H15N3S/c1-3-7-10-11-8(12-7)5-6-9-4-2/h9H,3-6H2,1-2H3. The van der Waals surface area contributed by atoms with Crippen LogP contribution in [0.2, 0.25) is 0 Å². The van der Waals surface area contributed by atoms with Gasteiger partial charge in [0.05, 0.1) is 0 Å². The molecule has 0 unspecified atom stereocenters. The molecule has 0 aliphatic rings. The number of nitrogens with one attached hydrogen (secondary N) is 1. The van der Waals surface area contributed by atoms with Crippen LogP contribution in [-0.2, 0) is 12.8 Å². The third-order valence-corrected chi connectivity index (χ3v) is 2.70. The summed E-state index contributed by atoms with van der Waals surface area (Å²) in [7, 11) is 0. The molecule has 0 saturated carbocycles. The molecule has 1 rings (SSSR count). The normalized spacial score (nSPS) is 10.5. The Morgan fingerprint density at radius 1 is 1.25 bits per heavy atom. The molecule has 0 aliphatic carbocycles. The van der Waals surface area contributed by atoms with Crippen LogP contribution in [0.25, 0.3) is 0 Å². The zero-order valence-electron chi connectivity index (χ0n) is 7.63. The molecule has 12 heavy (non-hydrogen) atoms. The smallest absolute Gasteiger partial charge is 0.118 e. The molecule has 0 fully saturated rings. The number of aryl methyl sites for hydroxylation is 1. The van der Waals surface area contributed by atoms with Crippen molar-refractivity contribution >= 4 is 11.3 Å². The first-order valence-corrected chi connectivity index (χ1v) is 5.20. The van der Waals surface area contributed by atoms with Crippen LogP contribution in [0.15, 0.2) is 0 Å². The molecule has 4 heteroatoms. The fourth-order valence-electron chi connectivity index (χ4n) is 0.904. The second-order valence-electron chi connectivity index (χ2n) is 2.55. The molecule has 1 N–H and O–H groups in total. The van der Waals surface area contributed by atoms with Crippen LogP contribution in [-0.4, -0.2) is 23.3 Å². The number of rotatable bonds is 5. The van der Waals surface area contributed by atoms with Crippen LogP contribution in [0.3, 0.4) is 0 Å². The second kappa shape index (κ2) is 5.22. The van der Waals surface area contributed by atoms with Crippen LogP contribution in [0, 0.1) is 0 Å². The Hall–Kier alpha value is -0.480. The summed E-state index contributed by atoms with van der Waals surface area (Å²) in [5.74, 6) is 0. The van der Waals surface area contributed by atoms with E-state index >= 15 is 0 Å². The van der Waals surface area contributed by atoms with Crippen LogP contribution >= 0.6 is 11.3 Å². The Bertz CT molecular complexity index is 222. The van der Waals surface area contributed by atoms with E-state index in [1.54, 1.807) is 11.3 Å². The lowest BCUT2D eigenvalue weighted by Gasteiger charge is -1.95. The van der Waals surface area contributed by atoms with Gasteiger partial charge in [-0.25, -0.2) is 0 Å². The molecule has 0 aliphatic heterocycles. The van der Waals surface area contributed by atoms with Crippen LogP contribution in [0.4, 0.5) is 0 Å². The van der Waals surface area contributed by atoms with Gasteiger partial charge in [0, 0.05) is 13.0 Å². The topological polar surface area (TPSA) is 37.8 Å². The third kappa shape index (κ3) is 2.87. The van der Waals surface area contributed by atoms with Crippen LogP contribution in [0.1, 0.15) is 23.9 Å². The minimum Gasteiger partial charge on any atom is -0.317 e. The van der Waals surface area contributed by atoms with Gasteiger partial charge in [-0.2, -0.15) is 0 Å². The molecular weight excluding hydrogens is 170 g/mol. The predicted octanol–water partition coefficient (Wildman–Crippen LogP) is 1.25. The van der Waals surface area contributed by atoms with Crippen molar-refractivity contribution in [3.05, 3.63) is 10.0 Å². The molecule has 1 heterocycles. The lowest BCUT2D eigenvalue weighted by atomic mass is 10.4. The number of aromatic nitrogens is 2. The molecule has 0 bridgehead atoms. The van der Waals surface area contributed by atoms with E-state index in [0.717, 1.165) is 35.9 Å². The molecule has 1 aromatic rings. The van der Waals surface area contributed by atoms with Crippen molar-refractivity contribution in [1.29, 1.82) is 0 Å². The number of hydrogen-bond acceptors (Lipinski definition) is 4. The summed E-state index contributed by atoms with van der Waals surface area (Å²) in [6, 6.07) is 0. The molecule has 0 aromatic carbocycles. The van der Waals surface area contributed by atoms with Crippen molar-refractivity contribution in [3.63, 3.8) is 0 Å². The predicted molar refractivity (Wildman–Crippen MR) is 51.5 cm³/mol. The lowest BCUT2D eigenvalue weighted by Crippen LogP contribution is -2.15. The van der Waals surface area contributed by atoms with Gasteiger partial charge in [0.25, 0.3) is 0 Å². The van der Waals surface area contributed by atoms with Gasteiger partial charge in [-0.15, -0.1) is 21.5 Å². The SMILES string of the molecule is CCNCCc1nnc(CC)s1. The van der Waals surface area contributed by atoms with E-state index in [1.165, 1.54) is 0 Å². The zero-order chi connectivity index (χ0) is 8.81. The Labute approximate surface area is 77.2 Å². The molecule has 0 amide bonds. The molecule has 0 radical (unpaired) electrons. The summed E-state index contributed by atoms with van der Waals surface area (Å²) in [5, 5.41) is 13.7. The molecule has 3 nitrogen and oxygen atoms in total. The number of hydrogen-bond donors (Lipinski definition) is 1. The lowest BCUT2D eigenvalue weighted by molar-refractivity contribution is 0.710. The molecule has 68 valence electrons. The first-order valence-electron chi connectivity index (χ1n) is 4.38. The molecule has 0 atom stereocenters. The highest BCUT2D eigenvalue weighted by Crippen LogP contribution is 2.09. The van der Waals surface area contributed by atoms with E-state index in [2.05, 4.69) is 29.4 Å². The summed E-state index contributed by atoms with van der Waals surface area (Å²) < 4.78 is 0. The Morgan fingerprint density at radius 3 is 2.58 bits per heavy atom. The van der Waals surface area contributed by atoms with E-state index in [0.29, 0.717) is 0 Å². The summed E-state index contributed by atoms with van der Waals surface area (Å²) >= 11 is 1.72. The summed E-state index contributed by atoms with van der Waals surface area (Å²) in [6.45, 7) is 6.25. The minimum atomic E-state index is 0.999. The van der Waals surface area contributed by atoms with E-state index in [9.17, 15) is 0 Å². The summed E-state index contributed by atoms with van der Waals surface area (Å²) in [6.07, 6.45) is 2.00. The van der Waals surface area contributed by atoms with Crippen molar-refractivity contribution in [3.8, 4) is 0 Å². The largest absolute Gasteiger partial charge is 0.317 e. The van der Waals surface area contributed by atoms with Gasteiger partial charge < -0.3 is 5.32 Å². The maximum Gasteiger partial charge on any atom is 0.118 e. The monoisotopic (exact) mass is 185 g/mol. The Morgan fingerprint density at radius 2 is 2.00 bits per heavy atom. The average Bonchev–Trinajstić information content (AvgIpc) is 2.53. The van der Waals surface area contributed by atoms with Gasteiger partial charge in [-0.1, -0.05) is 13.8 Å². The van der Waals surface area contributed by atoms with Crippen molar-refractivity contribution < 1.29 is 0 Å². The quantitative estimate of drug-likeness (QED) is 0.702. The second-order valence-corrected chi connectivity index (χ2v) is 3.69. The van der Waals surface area contributed by atoms with Gasteiger partial charge >= 0.3 is 0 Å². The van der Waals surface area contributed by atoms with Gasteiger partial charge in [-0.3, -0.25) is 0 Å².